The molecule has 25 heavy (non-hydrogen) atoms. The summed E-state index contributed by atoms with van der Waals surface area (Å²) in [5.74, 6) is -0.0382. The van der Waals surface area contributed by atoms with Crippen molar-refractivity contribution in [2.45, 2.75) is 40.5 Å². The number of benzene rings is 1. The van der Waals surface area contributed by atoms with Gasteiger partial charge in [-0.25, -0.2) is 0 Å². The number of hydrogen-bond acceptors (Lipinski definition) is 3. The van der Waals surface area contributed by atoms with Gasteiger partial charge in [-0.3, -0.25) is 9.59 Å². The number of piperazine rings is 1. The minimum Gasteiger partial charge on any atom is -0.339 e. The van der Waals surface area contributed by atoms with E-state index in [1.54, 1.807) is 13.8 Å². The molecule has 5 nitrogen and oxygen atoms in total. The van der Waals surface area contributed by atoms with Gasteiger partial charge in [-0.15, -0.1) is 0 Å². The lowest BCUT2D eigenvalue weighted by atomic mass is 9.89. The number of anilines is 1. The number of carbonyl (C=O) groups excluding carboxylic acids is 2. The summed E-state index contributed by atoms with van der Waals surface area (Å²) in [5.41, 5.74) is 0.785. The van der Waals surface area contributed by atoms with Crippen molar-refractivity contribution in [2.75, 3.05) is 38.0 Å². The number of carbonyl (C=O) groups is 2. The Bertz CT molecular complexity index is 617. The summed E-state index contributed by atoms with van der Waals surface area (Å²) >= 11 is 0. The zero-order valence-electron chi connectivity index (χ0n) is 16.1. The molecule has 0 aromatic heterocycles. The summed E-state index contributed by atoms with van der Waals surface area (Å²) in [6.45, 7) is 13.9. The number of nitrogens with one attached hydrogen (secondary N) is 1. The van der Waals surface area contributed by atoms with Gasteiger partial charge in [-0.05, 0) is 37.9 Å². The van der Waals surface area contributed by atoms with Gasteiger partial charge in [0.25, 0.3) is 0 Å². The topological polar surface area (TPSA) is 52.7 Å². The van der Waals surface area contributed by atoms with Gasteiger partial charge in [0, 0.05) is 31.9 Å². The smallest absolute Gasteiger partial charge is 0.239 e. The Morgan fingerprint density at radius 3 is 2.28 bits per heavy atom. The highest BCUT2D eigenvalue weighted by Gasteiger charge is 2.40. The van der Waals surface area contributed by atoms with Gasteiger partial charge in [-0.2, -0.15) is 0 Å². The molecule has 0 spiro atoms. The van der Waals surface area contributed by atoms with E-state index in [9.17, 15) is 9.59 Å². The second kappa shape index (κ2) is 8.00. The van der Waals surface area contributed by atoms with Crippen LogP contribution in [0.15, 0.2) is 24.3 Å². The van der Waals surface area contributed by atoms with Gasteiger partial charge in [0.15, 0.2) is 0 Å². The van der Waals surface area contributed by atoms with Crippen LogP contribution in [0.4, 0.5) is 5.69 Å². The SMILES string of the molecule is CCN1CCN(C(=O)C(C)(C)C(=O)Nc2ccccc2C(C)C)CC1. The first-order valence-electron chi connectivity index (χ1n) is 9.19. The number of likely N-dealkylation sites (N-methyl/N-ethyl adjacent to an activating group) is 1. The molecule has 1 aliphatic rings. The van der Waals surface area contributed by atoms with Crippen LogP contribution in [0.5, 0.6) is 0 Å². The van der Waals surface area contributed by atoms with Crippen LogP contribution in [-0.2, 0) is 9.59 Å². The first-order valence-corrected chi connectivity index (χ1v) is 9.19. The maximum atomic E-state index is 12.9. The molecule has 0 atom stereocenters. The second-order valence-corrected chi connectivity index (χ2v) is 7.55. The van der Waals surface area contributed by atoms with Crippen molar-refractivity contribution in [1.82, 2.24) is 9.80 Å². The van der Waals surface area contributed by atoms with Crippen LogP contribution in [0.25, 0.3) is 0 Å². The molecule has 1 aromatic carbocycles. The zero-order chi connectivity index (χ0) is 18.6. The minimum absolute atomic E-state index is 0.0946. The van der Waals surface area contributed by atoms with Crippen molar-refractivity contribution < 1.29 is 9.59 Å². The molecule has 0 bridgehead atoms. The first kappa shape index (κ1) is 19.4. The summed E-state index contributed by atoms with van der Waals surface area (Å²) in [7, 11) is 0. The molecule has 0 unspecified atom stereocenters. The highest BCUT2D eigenvalue weighted by atomic mass is 16.2. The quantitative estimate of drug-likeness (QED) is 0.835. The fourth-order valence-electron chi connectivity index (χ4n) is 3.15. The lowest BCUT2D eigenvalue weighted by Gasteiger charge is -2.37. The fourth-order valence-corrected chi connectivity index (χ4v) is 3.15. The summed E-state index contributed by atoms with van der Waals surface area (Å²) < 4.78 is 0. The summed E-state index contributed by atoms with van der Waals surface area (Å²) in [5, 5.41) is 2.98. The Kier molecular flexibility index (Phi) is 6.22. The predicted molar refractivity (Wildman–Crippen MR) is 102 cm³/mol. The molecule has 2 rings (SSSR count). The Hall–Kier alpha value is -1.88. The molecule has 5 heteroatoms. The van der Waals surface area contributed by atoms with Gasteiger partial charge in [0.1, 0.15) is 5.41 Å². The summed E-state index contributed by atoms with van der Waals surface area (Å²) in [6.07, 6.45) is 0. The molecule has 1 aromatic rings. The Labute approximate surface area is 151 Å². The van der Waals surface area contributed by atoms with E-state index >= 15 is 0 Å². The van der Waals surface area contributed by atoms with Crippen molar-refractivity contribution >= 4 is 17.5 Å². The molecule has 1 fully saturated rings. The van der Waals surface area contributed by atoms with Crippen LogP contribution in [0.1, 0.15) is 46.1 Å². The lowest BCUT2D eigenvalue weighted by Crippen LogP contribution is -2.54. The van der Waals surface area contributed by atoms with E-state index in [0.717, 1.165) is 30.9 Å². The van der Waals surface area contributed by atoms with Crippen LogP contribution < -0.4 is 5.32 Å². The third-order valence-corrected chi connectivity index (χ3v) is 5.04. The molecular weight excluding hydrogens is 314 g/mol. The largest absolute Gasteiger partial charge is 0.339 e. The van der Waals surface area contributed by atoms with Crippen LogP contribution in [0.2, 0.25) is 0 Å². The number of amides is 2. The standard InChI is InChI=1S/C20H31N3O2/c1-6-22-11-13-23(14-12-22)19(25)20(4,5)18(24)21-17-10-8-7-9-16(17)15(2)3/h7-10,15H,6,11-14H2,1-5H3,(H,21,24). The van der Waals surface area contributed by atoms with Crippen molar-refractivity contribution in [2.24, 2.45) is 5.41 Å². The van der Waals surface area contributed by atoms with Crippen molar-refractivity contribution in [1.29, 1.82) is 0 Å². The van der Waals surface area contributed by atoms with Crippen LogP contribution >= 0.6 is 0 Å². The first-order chi connectivity index (χ1) is 11.8. The lowest BCUT2D eigenvalue weighted by molar-refractivity contribution is -0.147. The zero-order valence-corrected chi connectivity index (χ0v) is 16.1. The average Bonchev–Trinajstić information content (AvgIpc) is 2.61. The van der Waals surface area contributed by atoms with Crippen molar-refractivity contribution in [3.05, 3.63) is 29.8 Å². The maximum Gasteiger partial charge on any atom is 0.239 e. The molecule has 138 valence electrons. The molecule has 0 radical (unpaired) electrons. The van der Waals surface area contributed by atoms with E-state index in [1.807, 2.05) is 29.2 Å². The second-order valence-electron chi connectivity index (χ2n) is 7.55. The number of hydrogen-bond donors (Lipinski definition) is 1. The van der Waals surface area contributed by atoms with E-state index < -0.39 is 5.41 Å². The van der Waals surface area contributed by atoms with Crippen LogP contribution in [0.3, 0.4) is 0 Å². The molecule has 1 saturated heterocycles. The Balaban J connectivity index is 2.08. The highest BCUT2D eigenvalue weighted by Crippen LogP contribution is 2.27. The van der Waals surface area contributed by atoms with Gasteiger partial charge >= 0.3 is 0 Å². The normalized spacial score (nSPS) is 16.2. The van der Waals surface area contributed by atoms with E-state index in [1.165, 1.54) is 0 Å². The van der Waals surface area contributed by atoms with Crippen LogP contribution in [0, 0.1) is 5.41 Å². The molecule has 0 aliphatic carbocycles. The van der Waals surface area contributed by atoms with Crippen molar-refractivity contribution in [3.8, 4) is 0 Å². The Morgan fingerprint density at radius 2 is 1.72 bits per heavy atom. The van der Waals surface area contributed by atoms with Gasteiger partial charge in [-0.1, -0.05) is 39.0 Å². The molecular formula is C20H31N3O2. The molecule has 0 saturated carbocycles. The third-order valence-electron chi connectivity index (χ3n) is 5.04. The van der Waals surface area contributed by atoms with Crippen molar-refractivity contribution in [3.63, 3.8) is 0 Å². The number of rotatable bonds is 5. The number of para-hydroxylation sites is 1. The van der Waals surface area contributed by atoms with E-state index in [0.29, 0.717) is 19.0 Å². The molecule has 1 aliphatic heterocycles. The molecule has 2 amide bonds. The monoisotopic (exact) mass is 345 g/mol. The van der Waals surface area contributed by atoms with Gasteiger partial charge in [0.2, 0.25) is 11.8 Å². The molecule has 1 N–H and O–H groups in total. The summed E-state index contributed by atoms with van der Waals surface area (Å²) in [6, 6.07) is 7.78. The predicted octanol–water partition coefficient (Wildman–Crippen LogP) is 2.94. The average molecular weight is 345 g/mol. The highest BCUT2D eigenvalue weighted by molar-refractivity contribution is 6.10. The van der Waals surface area contributed by atoms with E-state index in [2.05, 4.69) is 31.0 Å². The minimum atomic E-state index is -1.08. The molecule has 1 heterocycles. The third kappa shape index (κ3) is 4.40. The Morgan fingerprint density at radius 1 is 1.12 bits per heavy atom. The van der Waals surface area contributed by atoms with E-state index in [-0.39, 0.29) is 11.8 Å². The summed E-state index contributed by atoms with van der Waals surface area (Å²) in [4.78, 5) is 29.9. The fraction of sp³-hybridized carbons (Fsp3) is 0.600. The maximum absolute atomic E-state index is 12.9. The van der Waals surface area contributed by atoms with E-state index in [4.69, 9.17) is 0 Å². The number of nitrogens with zero attached hydrogens (tertiary/aromatic N) is 2. The van der Waals surface area contributed by atoms with Gasteiger partial charge in [0.05, 0.1) is 0 Å². The van der Waals surface area contributed by atoms with Gasteiger partial charge < -0.3 is 15.1 Å². The van der Waals surface area contributed by atoms with Crippen LogP contribution in [-0.4, -0.2) is 54.3 Å².